The molecule has 3 rings (SSSR count). The van der Waals surface area contributed by atoms with E-state index in [1.165, 1.54) is 79.4 Å². The summed E-state index contributed by atoms with van der Waals surface area (Å²) >= 11 is 3.63. The van der Waals surface area contributed by atoms with Gasteiger partial charge in [0.2, 0.25) is 0 Å². The molecule has 1 aromatic carbocycles. The van der Waals surface area contributed by atoms with Crippen molar-refractivity contribution in [2.75, 3.05) is 24.5 Å². The smallest absolute Gasteiger partial charge is 0.0427 e. The zero-order chi connectivity index (χ0) is 14.9. The normalized spacial score (nSPS) is 22.3. The highest BCUT2D eigenvalue weighted by atomic mass is 79.9. The van der Waals surface area contributed by atoms with Crippen LogP contribution in [0.3, 0.4) is 0 Å². The minimum Gasteiger partial charge on any atom is -0.369 e. The molecule has 0 atom stereocenters. The van der Waals surface area contributed by atoms with Gasteiger partial charge in [-0.2, -0.15) is 0 Å². The molecule has 1 aliphatic carbocycles. The third-order valence-corrected chi connectivity index (χ3v) is 5.64. The number of anilines is 1. The Kier molecular flexibility index (Phi) is 4.60. The largest absolute Gasteiger partial charge is 0.369 e. The van der Waals surface area contributed by atoms with E-state index >= 15 is 0 Å². The lowest BCUT2D eigenvalue weighted by Gasteiger charge is -2.41. The molecule has 1 N–H and O–H groups in total. The molecule has 1 aliphatic heterocycles. The molecule has 0 aromatic heterocycles. The average Bonchev–Trinajstić information content (AvgIpc) is 2.61. The van der Waals surface area contributed by atoms with Gasteiger partial charge in [0.1, 0.15) is 0 Å². The summed E-state index contributed by atoms with van der Waals surface area (Å²) in [7, 11) is 0. The van der Waals surface area contributed by atoms with E-state index in [9.17, 15) is 0 Å². The number of aryl methyl sites for hydroxylation is 2. The van der Waals surface area contributed by atoms with Crippen LogP contribution in [-0.2, 0) is 0 Å². The van der Waals surface area contributed by atoms with Gasteiger partial charge in [0.25, 0.3) is 0 Å². The van der Waals surface area contributed by atoms with Crippen molar-refractivity contribution >= 4 is 21.6 Å². The molecule has 2 fully saturated rings. The fraction of sp³-hybridized carbons (Fsp3) is 0.667. The summed E-state index contributed by atoms with van der Waals surface area (Å²) in [4.78, 5) is 2.66. The summed E-state index contributed by atoms with van der Waals surface area (Å²) in [6.45, 7) is 8.03. The molecule has 2 nitrogen and oxygen atoms in total. The second-order valence-electron chi connectivity index (χ2n) is 6.93. The zero-order valence-corrected chi connectivity index (χ0v) is 14.9. The Hall–Kier alpha value is -0.540. The molecule has 1 saturated carbocycles. The van der Waals surface area contributed by atoms with Crippen LogP contribution in [0.5, 0.6) is 0 Å². The third-order valence-electron chi connectivity index (χ3n) is 5.18. The van der Waals surface area contributed by atoms with Gasteiger partial charge in [-0.1, -0.05) is 35.2 Å². The summed E-state index contributed by atoms with van der Waals surface area (Å²) < 4.78 is 1.20. The van der Waals surface area contributed by atoms with Crippen LogP contribution in [0.2, 0.25) is 0 Å². The first-order valence-electron chi connectivity index (χ1n) is 8.36. The maximum absolute atomic E-state index is 3.90. The van der Waals surface area contributed by atoms with E-state index in [1.807, 2.05) is 0 Å². The van der Waals surface area contributed by atoms with Crippen LogP contribution in [0.15, 0.2) is 16.6 Å². The fourth-order valence-corrected chi connectivity index (χ4v) is 4.97. The van der Waals surface area contributed by atoms with Crippen molar-refractivity contribution in [1.29, 1.82) is 0 Å². The van der Waals surface area contributed by atoms with Crippen LogP contribution in [0.1, 0.15) is 49.7 Å². The van der Waals surface area contributed by atoms with Crippen molar-refractivity contribution in [2.45, 2.75) is 57.9 Å². The molecule has 1 heterocycles. The Balaban J connectivity index is 1.90. The molecule has 3 heteroatoms. The average molecular weight is 351 g/mol. The van der Waals surface area contributed by atoms with Gasteiger partial charge in [-0.15, -0.1) is 0 Å². The number of rotatable bonds is 1. The Bertz CT molecular complexity index is 483. The van der Waals surface area contributed by atoms with E-state index in [2.05, 4.69) is 52.1 Å². The van der Waals surface area contributed by atoms with Gasteiger partial charge in [0.05, 0.1) is 0 Å². The lowest BCUT2D eigenvalue weighted by Crippen LogP contribution is -2.53. The number of nitrogens with zero attached hydrogens (tertiary/aromatic N) is 1. The highest BCUT2D eigenvalue weighted by Crippen LogP contribution is 2.35. The van der Waals surface area contributed by atoms with E-state index in [1.54, 1.807) is 0 Å². The lowest BCUT2D eigenvalue weighted by atomic mass is 9.81. The van der Waals surface area contributed by atoms with Gasteiger partial charge in [-0.05, 0) is 62.9 Å². The van der Waals surface area contributed by atoms with E-state index in [-0.39, 0.29) is 0 Å². The third kappa shape index (κ3) is 3.29. The van der Waals surface area contributed by atoms with Gasteiger partial charge in [0, 0.05) is 28.8 Å². The van der Waals surface area contributed by atoms with Crippen LogP contribution in [0.4, 0.5) is 5.69 Å². The summed E-state index contributed by atoms with van der Waals surface area (Å²) in [5, 5.41) is 3.90. The first-order valence-corrected chi connectivity index (χ1v) is 9.16. The van der Waals surface area contributed by atoms with Crippen molar-refractivity contribution in [3.63, 3.8) is 0 Å². The molecular formula is C18H27BrN2. The number of hydrogen-bond donors (Lipinski definition) is 1. The first-order chi connectivity index (χ1) is 10.1. The molecular weight excluding hydrogens is 324 g/mol. The Morgan fingerprint density at radius 3 is 2.38 bits per heavy atom. The topological polar surface area (TPSA) is 15.3 Å². The molecule has 0 bridgehead atoms. The molecule has 1 spiro atoms. The quantitative estimate of drug-likeness (QED) is 0.797. The van der Waals surface area contributed by atoms with Crippen molar-refractivity contribution in [1.82, 2.24) is 5.32 Å². The molecule has 1 saturated heterocycles. The Morgan fingerprint density at radius 2 is 1.71 bits per heavy atom. The van der Waals surface area contributed by atoms with Crippen LogP contribution in [-0.4, -0.2) is 25.2 Å². The minimum atomic E-state index is 0.362. The molecule has 2 aliphatic rings. The maximum Gasteiger partial charge on any atom is 0.0427 e. The summed E-state index contributed by atoms with van der Waals surface area (Å²) in [6.07, 6.45) is 8.13. The van der Waals surface area contributed by atoms with Gasteiger partial charge >= 0.3 is 0 Å². The SMILES string of the molecule is Cc1cc(Br)cc(C)c1N1CCCNC2(CCCCC2)C1. The van der Waals surface area contributed by atoms with Crippen molar-refractivity contribution in [3.05, 3.63) is 27.7 Å². The van der Waals surface area contributed by atoms with Crippen molar-refractivity contribution in [2.24, 2.45) is 0 Å². The Morgan fingerprint density at radius 1 is 1.05 bits per heavy atom. The van der Waals surface area contributed by atoms with Crippen LogP contribution >= 0.6 is 15.9 Å². The van der Waals surface area contributed by atoms with Crippen LogP contribution in [0.25, 0.3) is 0 Å². The van der Waals surface area contributed by atoms with Crippen molar-refractivity contribution in [3.8, 4) is 0 Å². The van der Waals surface area contributed by atoms with Crippen LogP contribution < -0.4 is 10.2 Å². The second kappa shape index (κ2) is 6.29. The second-order valence-corrected chi connectivity index (χ2v) is 7.85. The van der Waals surface area contributed by atoms with Gasteiger partial charge in [-0.25, -0.2) is 0 Å². The van der Waals surface area contributed by atoms with Gasteiger partial charge < -0.3 is 10.2 Å². The van der Waals surface area contributed by atoms with E-state index in [0.29, 0.717) is 5.54 Å². The summed E-state index contributed by atoms with van der Waals surface area (Å²) in [5.74, 6) is 0. The van der Waals surface area contributed by atoms with Crippen molar-refractivity contribution < 1.29 is 0 Å². The zero-order valence-electron chi connectivity index (χ0n) is 13.3. The molecule has 0 amide bonds. The summed E-state index contributed by atoms with van der Waals surface area (Å²) in [5.41, 5.74) is 4.62. The van der Waals surface area contributed by atoms with Gasteiger partial charge in [-0.3, -0.25) is 0 Å². The first kappa shape index (κ1) is 15.4. The molecule has 0 unspecified atom stereocenters. The van der Waals surface area contributed by atoms with E-state index in [0.717, 1.165) is 0 Å². The predicted octanol–water partition coefficient (Wildman–Crippen LogP) is 4.57. The van der Waals surface area contributed by atoms with E-state index in [4.69, 9.17) is 0 Å². The number of benzene rings is 1. The van der Waals surface area contributed by atoms with Gasteiger partial charge in [0.15, 0.2) is 0 Å². The molecule has 116 valence electrons. The molecule has 0 radical (unpaired) electrons. The Labute approximate surface area is 137 Å². The number of hydrogen-bond acceptors (Lipinski definition) is 2. The predicted molar refractivity (Wildman–Crippen MR) is 94.3 cm³/mol. The van der Waals surface area contributed by atoms with Crippen LogP contribution in [0, 0.1) is 13.8 Å². The minimum absolute atomic E-state index is 0.362. The maximum atomic E-state index is 3.90. The fourth-order valence-electron chi connectivity index (χ4n) is 4.28. The highest BCUT2D eigenvalue weighted by molar-refractivity contribution is 9.10. The highest BCUT2D eigenvalue weighted by Gasteiger charge is 2.35. The monoisotopic (exact) mass is 350 g/mol. The summed E-state index contributed by atoms with van der Waals surface area (Å²) in [6, 6.07) is 4.52. The molecule has 1 aromatic rings. The lowest BCUT2D eigenvalue weighted by molar-refractivity contribution is 0.246. The number of nitrogens with one attached hydrogen (secondary N) is 1. The van der Waals surface area contributed by atoms with E-state index < -0.39 is 0 Å². The standard InChI is InChI=1S/C18H27BrN2/c1-14-11-16(19)12-15(2)17(14)21-10-6-9-20-18(13-21)7-4-3-5-8-18/h11-12,20H,3-10,13H2,1-2H3. The number of halogens is 1. The molecule has 21 heavy (non-hydrogen) atoms.